The van der Waals surface area contributed by atoms with E-state index in [1.54, 1.807) is 0 Å². The van der Waals surface area contributed by atoms with Crippen LogP contribution in [0.5, 0.6) is 0 Å². The Bertz CT molecular complexity index is 691. The third-order valence-corrected chi connectivity index (χ3v) is 2.69. The summed E-state index contributed by atoms with van der Waals surface area (Å²) in [5.74, 6) is 2.56. The van der Waals surface area contributed by atoms with Gasteiger partial charge in [-0.2, -0.15) is 0 Å². The fraction of sp³-hybridized carbons (Fsp3) is 0. The van der Waals surface area contributed by atoms with Crippen LogP contribution in [0.1, 0.15) is 0 Å². The molecule has 0 atom stereocenters. The third kappa shape index (κ3) is 2.95. The van der Waals surface area contributed by atoms with Crippen molar-refractivity contribution in [3.8, 4) is 0 Å². The van der Waals surface area contributed by atoms with Crippen LogP contribution in [0.2, 0.25) is 5.02 Å². The molecule has 1 heterocycles. The molecule has 8 nitrogen and oxygen atoms in total. The highest BCUT2D eigenvalue weighted by atomic mass is 35.5. The van der Waals surface area contributed by atoms with E-state index >= 15 is 0 Å². The normalized spacial score (nSPS) is 10.3. The molecule has 1 aromatic carbocycles. The predicted molar refractivity (Wildman–Crippen MR) is 71.1 cm³/mol. The number of hydrogen-bond donors (Lipinski definition) is 3. The monoisotopic (exact) mass is 316 g/mol. The number of hydrogen-bond acceptors (Lipinski definition) is 7. The molecule has 4 N–H and O–H groups in total. The summed E-state index contributed by atoms with van der Waals surface area (Å²) in [4.78, 5) is 17.4. The van der Waals surface area contributed by atoms with Gasteiger partial charge in [-0.3, -0.25) is 10.1 Å². The average molecular weight is 317 g/mol. The standard InChI is InChI=1S/C10H7ClF2N6O2/c11-5-1-4(12)2-6(13)7(5)17-9-8(19(20)21)10(18-14)16-3-15-9/h1-3H,14H2,(H2,15,16,17,18). The Morgan fingerprint density at radius 1 is 1.29 bits per heavy atom. The Kier molecular flexibility index (Phi) is 4.10. The molecule has 0 unspecified atom stereocenters. The first kappa shape index (κ1) is 14.8. The zero-order chi connectivity index (χ0) is 15.6. The first-order valence-corrected chi connectivity index (χ1v) is 5.69. The molecule has 0 spiro atoms. The number of nitrogen functional groups attached to an aromatic ring is 1. The zero-order valence-electron chi connectivity index (χ0n) is 10.1. The van der Waals surface area contributed by atoms with Crippen LogP contribution < -0.4 is 16.6 Å². The van der Waals surface area contributed by atoms with E-state index in [2.05, 4.69) is 15.3 Å². The first-order valence-electron chi connectivity index (χ1n) is 5.31. The minimum absolute atomic E-state index is 0.281. The highest BCUT2D eigenvalue weighted by Gasteiger charge is 2.24. The lowest BCUT2D eigenvalue weighted by molar-refractivity contribution is -0.383. The topological polar surface area (TPSA) is 119 Å². The fourth-order valence-electron chi connectivity index (χ4n) is 1.53. The van der Waals surface area contributed by atoms with Crippen LogP contribution in [-0.4, -0.2) is 14.9 Å². The summed E-state index contributed by atoms with van der Waals surface area (Å²) in [7, 11) is 0. The minimum atomic E-state index is -1.03. The van der Waals surface area contributed by atoms with Gasteiger partial charge in [0.2, 0.25) is 11.6 Å². The van der Waals surface area contributed by atoms with Gasteiger partial charge in [-0.25, -0.2) is 24.6 Å². The number of aromatic nitrogens is 2. The van der Waals surface area contributed by atoms with E-state index in [1.807, 2.05) is 5.43 Å². The van der Waals surface area contributed by atoms with Gasteiger partial charge in [0, 0.05) is 6.07 Å². The lowest BCUT2D eigenvalue weighted by Gasteiger charge is -2.10. The van der Waals surface area contributed by atoms with Gasteiger partial charge in [-0.15, -0.1) is 0 Å². The summed E-state index contributed by atoms with van der Waals surface area (Å²) in [6.07, 6.45) is 0.972. The molecule has 11 heteroatoms. The molecular formula is C10H7ClF2N6O2. The van der Waals surface area contributed by atoms with Crippen molar-refractivity contribution in [2.75, 3.05) is 10.7 Å². The van der Waals surface area contributed by atoms with E-state index < -0.39 is 22.2 Å². The van der Waals surface area contributed by atoms with Gasteiger partial charge in [-0.05, 0) is 6.07 Å². The van der Waals surface area contributed by atoms with E-state index in [0.717, 1.165) is 12.4 Å². The molecule has 0 aliphatic rings. The summed E-state index contributed by atoms with van der Waals surface area (Å²) in [5, 5.41) is 13.0. The predicted octanol–water partition coefficient (Wildman–Crippen LogP) is 2.35. The number of nitrogens with zero attached hydrogens (tertiary/aromatic N) is 3. The molecule has 2 rings (SSSR count). The molecule has 0 saturated carbocycles. The molecule has 0 amide bonds. The molecule has 0 saturated heterocycles. The van der Waals surface area contributed by atoms with E-state index in [-0.39, 0.29) is 22.3 Å². The summed E-state index contributed by atoms with van der Waals surface area (Å²) < 4.78 is 26.6. The van der Waals surface area contributed by atoms with Crippen LogP contribution in [0.4, 0.5) is 31.8 Å². The number of hydrazine groups is 1. The number of nitro groups is 1. The van der Waals surface area contributed by atoms with E-state index in [1.165, 1.54) is 0 Å². The second kappa shape index (κ2) is 5.81. The van der Waals surface area contributed by atoms with Gasteiger partial charge >= 0.3 is 5.69 Å². The van der Waals surface area contributed by atoms with Crippen molar-refractivity contribution in [3.63, 3.8) is 0 Å². The molecule has 0 aliphatic carbocycles. The van der Waals surface area contributed by atoms with Gasteiger partial charge in [0.15, 0.2) is 5.82 Å². The maximum Gasteiger partial charge on any atom is 0.354 e. The van der Waals surface area contributed by atoms with Crippen molar-refractivity contribution in [3.05, 3.63) is 45.2 Å². The largest absolute Gasteiger partial charge is 0.354 e. The Morgan fingerprint density at radius 3 is 2.52 bits per heavy atom. The Balaban J connectivity index is 2.52. The fourth-order valence-corrected chi connectivity index (χ4v) is 1.77. The Morgan fingerprint density at radius 2 is 1.95 bits per heavy atom. The molecule has 110 valence electrons. The number of anilines is 3. The molecule has 1 aromatic heterocycles. The highest BCUT2D eigenvalue weighted by Crippen LogP contribution is 2.34. The van der Waals surface area contributed by atoms with Crippen molar-refractivity contribution >= 4 is 34.6 Å². The minimum Gasteiger partial charge on any atom is -0.331 e. The number of nitrogens with two attached hydrogens (primary N) is 1. The van der Waals surface area contributed by atoms with Crippen molar-refractivity contribution in [2.24, 2.45) is 5.84 Å². The molecule has 0 aliphatic heterocycles. The number of halogens is 3. The summed E-state index contributed by atoms with van der Waals surface area (Å²) in [5.41, 5.74) is 1.05. The number of nitrogens with one attached hydrogen (secondary N) is 2. The molecule has 21 heavy (non-hydrogen) atoms. The molecular weight excluding hydrogens is 310 g/mol. The molecule has 0 fully saturated rings. The van der Waals surface area contributed by atoms with Gasteiger partial charge in [0.25, 0.3) is 0 Å². The van der Waals surface area contributed by atoms with Crippen LogP contribution in [0, 0.1) is 21.7 Å². The van der Waals surface area contributed by atoms with E-state index in [0.29, 0.717) is 6.07 Å². The molecule has 0 radical (unpaired) electrons. The maximum absolute atomic E-state index is 13.7. The van der Waals surface area contributed by atoms with Crippen LogP contribution in [-0.2, 0) is 0 Å². The SMILES string of the molecule is NNc1ncnc(Nc2c(F)cc(F)cc2Cl)c1[N+](=O)[O-]. The van der Waals surface area contributed by atoms with Gasteiger partial charge in [0.1, 0.15) is 12.1 Å². The summed E-state index contributed by atoms with van der Waals surface area (Å²) >= 11 is 5.69. The van der Waals surface area contributed by atoms with Crippen LogP contribution in [0.3, 0.4) is 0 Å². The van der Waals surface area contributed by atoms with Gasteiger partial charge < -0.3 is 10.7 Å². The van der Waals surface area contributed by atoms with Crippen molar-refractivity contribution in [2.45, 2.75) is 0 Å². The molecule has 0 bridgehead atoms. The quantitative estimate of drug-likeness (QED) is 0.450. The number of benzene rings is 1. The van der Waals surface area contributed by atoms with Gasteiger partial charge in [0.05, 0.1) is 15.6 Å². The Hall–Kier alpha value is -2.59. The lowest BCUT2D eigenvalue weighted by atomic mass is 10.3. The zero-order valence-corrected chi connectivity index (χ0v) is 10.9. The smallest absolute Gasteiger partial charge is 0.331 e. The number of rotatable bonds is 4. The van der Waals surface area contributed by atoms with E-state index in [9.17, 15) is 18.9 Å². The second-order valence-corrected chi connectivity index (χ2v) is 4.10. The van der Waals surface area contributed by atoms with Crippen molar-refractivity contribution < 1.29 is 13.7 Å². The van der Waals surface area contributed by atoms with E-state index in [4.69, 9.17) is 17.4 Å². The first-order chi connectivity index (χ1) is 9.93. The Labute approximate surface area is 121 Å². The summed E-state index contributed by atoms with van der Waals surface area (Å²) in [6.45, 7) is 0. The maximum atomic E-state index is 13.7. The highest BCUT2D eigenvalue weighted by molar-refractivity contribution is 6.33. The van der Waals surface area contributed by atoms with Crippen LogP contribution in [0.15, 0.2) is 18.5 Å². The second-order valence-electron chi connectivity index (χ2n) is 3.69. The van der Waals surface area contributed by atoms with Crippen LogP contribution in [0.25, 0.3) is 0 Å². The van der Waals surface area contributed by atoms with Crippen LogP contribution >= 0.6 is 11.6 Å². The lowest BCUT2D eigenvalue weighted by Crippen LogP contribution is -2.13. The summed E-state index contributed by atoms with van der Waals surface area (Å²) in [6, 6.07) is 1.42. The molecule has 2 aromatic rings. The van der Waals surface area contributed by atoms with Crippen molar-refractivity contribution in [1.82, 2.24) is 9.97 Å². The average Bonchev–Trinajstić information content (AvgIpc) is 2.42. The van der Waals surface area contributed by atoms with Gasteiger partial charge in [-0.1, -0.05) is 11.6 Å². The van der Waals surface area contributed by atoms with Crippen molar-refractivity contribution in [1.29, 1.82) is 0 Å². The third-order valence-electron chi connectivity index (χ3n) is 2.39.